The fourth-order valence-corrected chi connectivity index (χ4v) is 4.24. The zero-order valence-electron chi connectivity index (χ0n) is 10.9. The lowest BCUT2D eigenvalue weighted by atomic mass is 9.91. The summed E-state index contributed by atoms with van der Waals surface area (Å²) in [5.74, 6) is -0.799. The second kappa shape index (κ2) is 5.28. The van der Waals surface area contributed by atoms with E-state index in [1.807, 2.05) is 0 Å². The van der Waals surface area contributed by atoms with Crippen molar-refractivity contribution in [2.45, 2.75) is 19.3 Å². The van der Waals surface area contributed by atoms with Gasteiger partial charge in [-0.05, 0) is 19.3 Å². The molecule has 1 aromatic heterocycles. The van der Waals surface area contributed by atoms with E-state index in [0.29, 0.717) is 12.2 Å². The van der Waals surface area contributed by atoms with Gasteiger partial charge >= 0.3 is 5.97 Å². The van der Waals surface area contributed by atoms with Gasteiger partial charge in [0.1, 0.15) is 18.1 Å². The average molecular weight is 287 g/mol. The molecular formula is C11H17N3O4S. The highest BCUT2D eigenvalue weighted by atomic mass is 32.2. The van der Waals surface area contributed by atoms with Gasteiger partial charge in [-0.3, -0.25) is 4.79 Å². The minimum Gasteiger partial charge on any atom is -0.465 e. The lowest BCUT2D eigenvalue weighted by molar-refractivity contribution is -0.146. The number of aryl methyl sites for hydroxylation is 1. The largest absolute Gasteiger partial charge is 0.465 e. The van der Waals surface area contributed by atoms with Crippen molar-refractivity contribution in [2.24, 2.45) is 13.0 Å². The molecule has 1 aliphatic heterocycles. The van der Waals surface area contributed by atoms with Gasteiger partial charge in [0, 0.05) is 7.05 Å². The predicted octanol–water partition coefficient (Wildman–Crippen LogP) is -0.104. The monoisotopic (exact) mass is 287 g/mol. The molecule has 106 valence electrons. The van der Waals surface area contributed by atoms with Crippen LogP contribution in [0.1, 0.15) is 25.1 Å². The van der Waals surface area contributed by atoms with Crippen LogP contribution in [0.5, 0.6) is 0 Å². The summed E-state index contributed by atoms with van der Waals surface area (Å²) in [6, 6.07) is 0. The molecule has 7 nitrogen and oxygen atoms in total. The molecule has 0 saturated carbocycles. The zero-order chi connectivity index (χ0) is 14.0. The van der Waals surface area contributed by atoms with Crippen LogP contribution < -0.4 is 0 Å². The van der Waals surface area contributed by atoms with Crippen LogP contribution in [0.2, 0.25) is 0 Å². The topological polar surface area (TPSA) is 91.2 Å². The van der Waals surface area contributed by atoms with Crippen molar-refractivity contribution in [2.75, 3.05) is 18.1 Å². The van der Waals surface area contributed by atoms with E-state index in [2.05, 4.69) is 10.2 Å². The van der Waals surface area contributed by atoms with E-state index in [1.54, 1.807) is 18.5 Å². The first-order valence-corrected chi connectivity index (χ1v) is 7.97. The van der Waals surface area contributed by atoms with E-state index < -0.39 is 21.7 Å². The maximum absolute atomic E-state index is 12.1. The van der Waals surface area contributed by atoms with Crippen LogP contribution in [0.15, 0.2) is 6.33 Å². The van der Waals surface area contributed by atoms with Gasteiger partial charge in [0.2, 0.25) is 0 Å². The van der Waals surface area contributed by atoms with E-state index in [9.17, 15) is 13.2 Å². The standard InChI is InChI=1S/C11H17N3O4S/c1-3-18-11(15)9(10-13-12-7-14(10)2)8-4-5-19(16,17)6-8/h7-9H,3-6H2,1-2H3. The van der Waals surface area contributed by atoms with Gasteiger partial charge in [0.25, 0.3) is 0 Å². The van der Waals surface area contributed by atoms with Crippen LogP contribution >= 0.6 is 0 Å². The Morgan fingerprint density at radius 2 is 2.37 bits per heavy atom. The molecule has 1 saturated heterocycles. The Morgan fingerprint density at radius 3 is 2.84 bits per heavy atom. The second-order valence-corrected chi connectivity index (χ2v) is 6.92. The van der Waals surface area contributed by atoms with E-state index in [4.69, 9.17) is 4.74 Å². The number of ether oxygens (including phenoxy) is 1. The maximum Gasteiger partial charge on any atom is 0.317 e. The van der Waals surface area contributed by atoms with Gasteiger partial charge in [0.05, 0.1) is 18.1 Å². The Morgan fingerprint density at radius 1 is 1.63 bits per heavy atom. The number of hydrogen-bond acceptors (Lipinski definition) is 6. The Labute approximate surface area is 111 Å². The molecule has 2 rings (SSSR count). The summed E-state index contributed by atoms with van der Waals surface area (Å²) in [5.41, 5.74) is 0. The summed E-state index contributed by atoms with van der Waals surface area (Å²) in [5, 5.41) is 7.68. The van der Waals surface area contributed by atoms with Crippen LogP contribution in [0.4, 0.5) is 0 Å². The van der Waals surface area contributed by atoms with Gasteiger partial charge in [0.15, 0.2) is 9.84 Å². The van der Waals surface area contributed by atoms with Crippen molar-refractivity contribution < 1.29 is 17.9 Å². The molecule has 8 heteroatoms. The van der Waals surface area contributed by atoms with Crippen LogP contribution in [-0.2, 0) is 26.4 Å². The Bertz CT molecular complexity index is 566. The average Bonchev–Trinajstić information content (AvgIpc) is 2.87. The van der Waals surface area contributed by atoms with Crippen LogP contribution in [0.25, 0.3) is 0 Å². The molecule has 19 heavy (non-hydrogen) atoms. The van der Waals surface area contributed by atoms with E-state index in [1.165, 1.54) is 6.33 Å². The number of aromatic nitrogens is 3. The maximum atomic E-state index is 12.1. The minimum atomic E-state index is -3.06. The van der Waals surface area contributed by atoms with Gasteiger partial charge in [-0.15, -0.1) is 10.2 Å². The van der Waals surface area contributed by atoms with E-state index in [0.717, 1.165) is 0 Å². The highest BCUT2D eigenvalue weighted by molar-refractivity contribution is 7.91. The molecule has 0 bridgehead atoms. The molecule has 2 heterocycles. The molecule has 2 unspecified atom stereocenters. The van der Waals surface area contributed by atoms with Gasteiger partial charge < -0.3 is 9.30 Å². The van der Waals surface area contributed by atoms with Crippen LogP contribution in [0.3, 0.4) is 0 Å². The molecule has 1 aromatic rings. The van der Waals surface area contributed by atoms with Gasteiger partial charge in [-0.1, -0.05) is 0 Å². The third kappa shape index (κ3) is 2.94. The molecule has 1 aliphatic rings. The normalized spacial score (nSPS) is 23.2. The predicted molar refractivity (Wildman–Crippen MR) is 67.1 cm³/mol. The zero-order valence-corrected chi connectivity index (χ0v) is 11.8. The lowest BCUT2D eigenvalue weighted by Gasteiger charge is -2.19. The summed E-state index contributed by atoms with van der Waals surface area (Å²) in [4.78, 5) is 12.1. The van der Waals surface area contributed by atoms with Gasteiger partial charge in [-0.25, -0.2) is 8.42 Å². The number of hydrogen-bond donors (Lipinski definition) is 0. The fraction of sp³-hybridized carbons (Fsp3) is 0.727. The number of sulfone groups is 1. The third-order valence-electron chi connectivity index (χ3n) is 3.30. The summed E-state index contributed by atoms with van der Waals surface area (Å²) >= 11 is 0. The summed E-state index contributed by atoms with van der Waals surface area (Å²) in [6.07, 6.45) is 1.95. The Hall–Kier alpha value is -1.44. The highest BCUT2D eigenvalue weighted by Gasteiger charge is 2.41. The number of rotatable bonds is 4. The molecule has 0 radical (unpaired) electrons. The Kier molecular flexibility index (Phi) is 3.88. The first kappa shape index (κ1) is 14.0. The number of carbonyl (C=O) groups excluding carboxylic acids is 1. The SMILES string of the molecule is CCOC(=O)C(c1nncn1C)C1CCS(=O)(=O)C1. The fourth-order valence-electron chi connectivity index (χ4n) is 2.40. The summed E-state index contributed by atoms with van der Waals surface area (Å²) < 4.78 is 29.9. The molecule has 0 aromatic carbocycles. The van der Waals surface area contributed by atoms with Crippen LogP contribution in [-0.4, -0.2) is 47.3 Å². The van der Waals surface area contributed by atoms with E-state index >= 15 is 0 Å². The molecule has 0 amide bonds. The molecule has 1 fully saturated rings. The first-order chi connectivity index (χ1) is 8.94. The lowest BCUT2D eigenvalue weighted by Crippen LogP contribution is -2.27. The molecule has 2 atom stereocenters. The molecule has 0 spiro atoms. The van der Waals surface area contributed by atoms with Crippen molar-refractivity contribution in [3.8, 4) is 0 Å². The first-order valence-electron chi connectivity index (χ1n) is 6.15. The van der Waals surface area contributed by atoms with Crippen molar-refractivity contribution in [3.63, 3.8) is 0 Å². The molecule has 0 N–H and O–H groups in total. The number of esters is 1. The summed E-state index contributed by atoms with van der Waals surface area (Å²) in [6.45, 7) is 1.98. The molecular weight excluding hydrogens is 270 g/mol. The van der Waals surface area contributed by atoms with Crippen LogP contribution in [0, 0.1) is 5.92 Å². The van der Waals surface area contributed by atoms with Gasteiger partial charge in [-0.2, -0.15) is 0 Å². The van der Waals surface area contributed by atoms with Crippen molar-refractivity contribution in [1.29, 1.82) is 0 Å². The van der Waals surface area contributed by atoms with Crippen molar-refractivity contribution in [3.05, 3.63) is 12.2 Å². The van der Waals surface area contributed by atoms with Crippen molar-refractivity contribution in [1.82, 2.24) is 14.8 Å². The second-order valence-electron chi connectivity index (χ2n) is 4.69. The minimum absolute atomic E-state index is 0.00331. The van der Waals surface area contributed by atoms with Crippen molar-refractivity contribution >= 4 is 15.8 Å². The summed E-state index contributed by atoms with van der Waals surface area (Å²) in [7, 11) is -1.33. The number of carbonyl (C=O) groups is 1. The molecule has 0 aliphatic carbocycles. The van der Waals surface area contributed by atoms with E-state index in [-0.39, 0.29) is 24.0 Å². The third-order valence-corrected chi connectivity index (χ3v) is 5.10. The quantitative estimate of drug-likeness (QED) is 0.718. The number of nitrogens with zero attached hydrogens (tertiary/aromatic N) is 3. The smallest absolute Gasteiger partial charge is 0.317 e. The Balaban J connectivity index is 2.30. The highest BCUT2D eigenvalue weighted by Crippen LogP contribution is 2.33.